The van der Waals surface area contributed by atoms with Gasteiger partial charge in [0.05, 0.1) is 24.2 Å². The molecule has 1 saturated carbocycles. The molecular weight excluding hydrogens is 233 g/mol. The van der Waals surface area contributed by atoms with Crippen LogP contribution in [0.1, 0.15) is 24.5 Å². The number of nitrogen functional groups attached to an aromatic ring is 1. The molecule has 2 N–H and O–H groups in total. The first-order valence-electron chi connectivity index (χ1n) is 5.88. The molecule has 1 fully saturated rings. The average molecular weight is 247 g/mol. The van der Waals surface area contributed by atoms with Crippen molar-refractivity contribution in [3.63, 3.8) is 0 Å². The van der Waals surface area contributed by atoms with Gasteiger partial charge in [-0.3, -0.25) is 0 Å². The Morgan fingerprint density at radius 2 is 2.22 bits per heavy atom. The third-order valence-corrected chi connectivity index (χ3v) is 3.15. The van der Waals surface area contributed by atoms with Crippen molar-refractivity contribution in [3.05, 3.63) is 35.9 Å². The van der Waals surface area contributed by atoms with Gasteiger partial charge in [0.15, 0.2) is 11.6 Å². The lowest BCUT2D eigenvalue weighted by Crippen LogP contribution is -2.03. The van der Waals surface area contributed by atoms with Crippen LogP contribution in [0.2, 0.25) is 0 Å². The summed E-state index contributed by atoms with van der Waals surface area (Å²) in [6.07, 6.45) is 4.23. The van der Waals surface area contributed by atoms with E-state index in [4.69, 9.17) is 10.5 Å². The Kier molecular flexibility index (Phi) is 2.47. The third kappa shape index (κ3) is 1.81. The molecule has 1 aliphatic carbocycles. The Bertz CT molecular complexity index is 590. The maximum Gasteiger partial charge on any atom is 0.167 e. The summed E-state index contributed by atoms with van der Waals surface area (Å²) >= 11 is 0. The van der Waals surface area contributed by atoms with Crippen molar-refractivity contribution in [2.24, 2.45) is 0 Å². The number of rotatable bonds is 3. The van der Waals surface area contributed by atoms with Crippen molar-refractivity contribution in [2.45, 2.75) is 18.8 Å². The quantitative estimate of drug-likeness (QED) is 0.848. The van der Waals surface area contributed by atoms with E-state index in [0.29, 0.717) is 17.3 Å². The molecule has 0 bridgehead atoms. The first-order valence-corrected chi connectivity index (χ1v) is 5.88. The zero-order valence-electron chi connectivity index (χ0n) is 10.1. The van der Waals surface area contributed by atoms with Gasteiger partial charge in [0, 0.05) is 24.2 Å². The first kappa shape index (κ1) is 11.1. The molecule has 1 heterocycles. The molecule has 1 aromatic carbocycles. The van der Waals surface area contributed by atoms with E-state index in [1.807, 2.05) is 12.3 Å². The van der Waals surface area contributed by atoms with Crippen LogP contribution in [0.15, 0.2) is 24.4 Å². The summed E-state index contributed by atoms with van der Waals surface area (Å²) in [5, 5.41) is 4.47. The SMILES string of the molecule is COc1cc(-n2ccc(C3CC3)n2)c(N)cc1F. The van der Waals surface area contributed by atoms with Crippen LogP contribution in [0.3, 0.4) is 0 Å². The summed E-state index contributed by atoms with van der Waals surface area (Å²) in [5.41, 5.74) is 7.87. The van der Waals surface area contributed by atoms with Gasteiger partial charge >= 0.3 is 0 Å². The van der Waals surface area contributed by atoms with Gasteiger partial charge in [0.2, 0.25) is 0 Å². The van der Waals surface area contributed by atoms with Crippen LogP contribution >= 0.6 is 0 Å². The number of nitrogens with two attached hydrogens (primary N) is 1. The summed E-state index contributed by atoms with van der Waals surface area (Å²) in [7, 11) is 1.43. The van der Waals surface area contributed by atoms with E-state index in [0.717, 1.165) is 5.69 Å². The number of nitrogens with zero attached hydrogens (tertiary/aromatic N) is 2. The van der Waals surface area contributed by atoms with Crippen molar-refractivity contribution in [2.75, 3.05) is 12.8 Å². The molecule has 18 heavy (non-hydrogen) atoms. The number of aromatic nitrogens is 2. The van der Waals surface area contributed by atoms with Crippen molar-refractivity contribution < 1.29 is 9.13 Å². The maximum absolute atomic E-state index is 13.5. The molecule has 2 aromatic rings. The fraction of sp³-hybridized carbons (Fsp3) is 0.308. The molecule has 0 atom stereocenters. The van der Waals surface area contributed by atoms with Gasteiger partial charge in [-0.15, -0.1) is 0 Å². The lowest BCUT2D eigenvalue weighted by Gasteiger charge is -2.09. The largest absolute Gasteiger partial charge is 0.494 e. The number of anilines is 1. The van der Waals surface area contributed by atoms with Crippen LogP contribution in [0, 0.1) is 5.82 Å². The summed E-state index contributed by atoms with van der Waals surface area (Å²) in [6, 6.07) is 4.80. The Balaban J connectivity index is 2.03. The monoisotopic (exact) mass is 247 g/mol. The third-order valence-electron chi connectivity index (χ3n) is 3.15. The lowest BCUT2D eigenvalue weighted by molar-refractivity contribution is 0.386. The van der Waals surface area contributed by atoms with Crippen molar-refractivity contribution in [1.82, 2.24) is 9.78 Å². The highest BCUT2D eigenvalue weighted by Gasteiger charge is 2.26. The molecule has 4 nitrogen and oxygen atoms in total. The summed E-state index contributed by atoms with van der Waals surface area (Å²) in [4.78, 5) is 0. The second-order valence-corrected chi connectivity index (χ2v) is 4.51. The van der Waals surface area contributed by atoms with Crippen LogP contribution < -0.4 is 10.5 Å². The predicted octanol–water partition coefficient (Wildman–Crippen LogP) is 2.48. The van der Waals surface area contributed by atoms with Crippen LogP contribution in [-0.2, 0) is 0 Å². The van der Waals surface area contributed by atoms with Gasteiger partial charge in [-0.1, -0.05) is 0 Å². The summed E-state index contributed by atoms with van der Waals surface area (Å²) in [5.74, 6) is 0.283. The second kappa shape index (κ2) is 4.01. The predicted molar refractivity (Wildman–Crippen MR) is 66.5 cm³/mol. The van der Waals surface area contributed by atoms with Crippen LogP contribution in [0.4, 0.5) is 10.1 Å². The van der Waals surface area contributed by atoms with E-state index in [1.165, 1.54) is 26.0 Å². The smallest absolute Gasteiger partial charge is 0.167 e. The number of hydrogen-bond donors (Lipinski definition) is 1. The molecule has 0 saturated heterocycles. The minimum absolute atomic E-state index is 0.169. The van der Waals surface area contributed by atoms with Gasteiger partial charge in [-0.2, -0.15) is 5.10 Å². The molecular formula is C13H14FN3O. The van der Waals surface area contributed by atoms with E-state index in [-0.39, 0.29) is 5.75 Å². The van der Waals surface area contributed by atoms with E-state index in [9.17, 15) is 4.39 Å². The molecule has 0 amide bonds. The van der Waals surface area contributed by atoms with Gasteiger partial charge in [-0.25, -0.2) is 9.07 Å². The Hall–Kier alpha value is -2.04. The molecule has 0 unspecified atom stereocenters. The Labute approximate surface area is 104 Å². The van der Waals surface area contributed by atoms with Crippen LogP contribution in [-0.4, -0.2) is 16.9 Å². The minimum atomic E-state index is -0.465. The van der Waals surface area contributed by atoms with Gasteiger partial charge < -0.3 is 10.5 Å². The normalized spacial score (nSPS) is 14.8. The van der Waals surface area contributed by atoms with Crippen molar-refractivity contribution in [3.8, 4) is 11.4 Å². The lowest BCUT2D eigenvalue weighted by atomic mass is 10.2. The molecule has 94 valence electrons. The highest BCUT2D eigenvalue weighted by atomic mass is 19.1. The molecule has 0 spiro atoms. The van der Waals surface area contributed by atoms with E-state index >= 15 is 0 Å². The first-order chi connectivity index (χ1) is 8.69. The van der Waals surface area contributed by atoms with Gasteiger partial charge in [0.25, 0.3) is 0 Å². The summed E-state index contributed by atoms with van der Waals surface area (Å²) in [6.45, 7) is 0. The topological polar surface area (TPSA) is 53.1 Å². The molecule has 5 heteroatoms. The molecule has 3 rings (SSSR count). The molecule has 1 aromatic heterocycles. The van der Waals surface area contributed by atoms with E-state index in [1.54, 1.807) is 10.7 Å². The number of benzene rings is 1. The van der Waals surface area contributed by atoms with Crippen LogP contribution in [0.5, 0.6) is 5.75 Å². The number of ether oxygens (including phenoxy) is 1. The minimum Gasteiger partial charge on any atom is -0.494 e. The van der Waals surface area contributed by atoms with Crippen molar-refractivity contribution in [1.29, 1.82) is 0 Å². The van der Waals surface area contributed by atoms with Crippen molar-refractivity contribution >= 4 is 5.69 Å². The maximum atomic E-state index is 13.5. The highest BCUT2D eigenvalue weighted by molar-refractivity contribution is 5.60. The molecule has 0 radical (unpaired) electrons. The summed E-state index contributed by atoms with van der Waals surface area (Å²) < 4.78 is 20.1. The second-order valence-electron chi connectivity index (χ2n) is 4.51. The number of methoxy groups -OCH3 is 1. The standard InChI is InChI=1S/C13H14FN3O/c1-18-13-7-12(10(15)6-9(13)14)17-5-4-11(16-17)8-2-3-8/h4-8H,2-3,15H2,1H3. The van der Waals surface area contributed by atoms with E-state index < -0.39 is 5.82 Å². The number of halogens is 1. The zero-order valence-corrected chi connectivity index (χ0v) is 10.1. The highest BCUT2D eigenvalue weighted by Crippen LogP contribution is 2.39. The van der Waals surface area contributed by atoms with Crippen LogP contribution in [0.25, 0.3) is 5.69 Å². The Morgan fingerprint density at radius 1 is 1.44 bits per heavy atom. The molecule has 1 aliphatic rings. The fourth-order valence-corrected chi connectivity index (χ4v) is 1.98. The molecule has 0 aliphatic heterocycles. The fourth-order valence-electron chi connectivity index (χ4n) is 1.98. The zero-order chi connectivity index (χ0) is 12.7. The Morgan fingerprint density at radius 3 is 2.89 bits per heavy atom. The van der Waals surface area contributed by atoms with E-state index in [2.05, 4.69) is 5.10 Å². The average Bonchev–Trinajstić information content (AvgIpc) is 3.09. The number of hydrogen-bond acceptors (Lipinski definition) is 3. The van der Waals surface area contributed by atoms with Gasteiger partial charge in [0.1, 0.15) is 0 Å². The van der Waals surface area contributed by atoms with Gasteiger partial charge in [-0.05, 0) is 18.9 Å².